The summed E-state index contributed by atoms with van der Waals surface area (Å²) in [6.45, 7) is 1.92. The number of hydrogen-bond acceptors (Lipinski definition) is 5. The lowest BCUT2D eigenvalue weighted by molar-refractivity contribution is -0.141. The van der Waals surface area contributed by atoms with E-state index in [0.29, 0.717) is 16.6 Å². The highest BCUT2D eigenvalue weighted by atomic mass is 35.5. The molecule has 1 heterocycles. The topological polar surface area (TPSA) is 90.1 Å². The first-order chi connectivity index (χ1) is 9.56. The van der Waals surface area contributed by atoms with Gasteiger partial charge in [0.25, 0.3) is 0 Å². The van der Waals surface area contributed by atoms with Crippen LogP contribution in [0.4, 0.5) is 0 Å². The molecule has 0 saturated carbocycles. The average molecular weight is 297 g/mol. The molecule has 0 fully saturated rings. The SMILES string of the molecule is CC(Cn1nnnc1COc1cccc(Cl)c1)C(=O)O. The van der Waals surface area contributed by atoms with E-state index in [1.54, 1.807) is 31.2 Å². The Hall–Kier alpha value is -2.15. The van der Waals surface area contributed by atoms with E-state index in [2.05, 4.69) is 15.5 Å². The first-order valence-corrected chi connectivity index (χ1v) is 6.30. The van der Waals surface area contributed by atoms with Crippen molar-refractivity contribution in [2.75, 3.05) is 0 Å². The fourth-order valence-electron chi connectivity index (χ4n) is 1.51. The fraction of sp³-hybridized carbons (Fsp3) is 0.333. The summed E-state index contributed by atoms with van der Waals surface area (Å²) in [6, 6.07) is 6.95. The smallest absolute Gasteiger partial charge is 0.308 e. The first kappa shape index (κ1) is 14.3. The monoisotopic (exact) mass is 296 g/mol. The molecule has 1 atom stereocenters. The van der Waals surface area contributed by atoms with Gasteiger partial charge < -0.3 is 9.84 Å². The lowest BCUT2D eigenvalue weighted by atomic mass is 10.2. The van der Waals surface area contributed by atoms with Crippen LogP contribution in [0.1, 0.15) is 12.7 Å². The minimum atomic E-state index is -0.901. The Labute approximate surface area is 120 Å². The molecule has 0 amide bonds. The molecule has 2 aromatic rings. The summed E-state index contributed by atoms with van der Waals surface area (Å²) in [5.74, 6) is -0.429. The van der Waals surface area contributed by atoms with Gasteiger partial charge in [0.05, 0.1) is 12.5 Å². The molecule has 1 N–H and O–H groups in total. The van der Waals surface area contributed by atoms with Crippen molar-refractivity contribution in [1.29, 1.82) is 0 Å². The molecule has 20 heavy (non-hydrogen) atoms. The van der Waals surface area contributed by atoms with Crippen LogP contribution in [0.5, 0.6) is 5.75 Å². The highest BCUT2D eigenvalue weighted by molar-refractivity contribution is 6.30. The normalized spacial score (nSPS) is 12.1. The third-order valence-electron chi connectivity index (χ3n) is 2.64. The number of hydrogen-bond donors (Lipinski definition) is 1. The van der Waals surface area contributed by atoms with Gasteiger partial charge in [-0.05, 0) is 28.6 Å². The van der Waals surface area contributed by atoms with E-state index in [1.165, 1.54) is 4.68 Å². The summed E-state index contributed by atoms with van der Waals surface area (Å²) >= 11 is 5.85. The second-order valence-corrected chi connectivity index (χ2v) is 4.70. The zero-order valence-electron chi connectivity index (χ0n) is 10.7. The molecule has 2 rings (SSSR count). The molecule has 0 saturated heterocycles. The summed E-state index contributed by atoms with van der Waals surface area (Å²) in [5, 5.41) is 20.6. The van der Waals surface area contributed by atoms with Gasteiger partial charge in [-0.1, -0.05) is 24.6 Å². The number of benzene rings is 1. The number of ether oxygens (including phenoxy) is 1. The maximum atomic E-state index is 10.8. The number of carboxylic acid groups (broad SMARTS) is 1. The summed E-state index contributed by atoms with van der Waals surface area (Å²) in [6.07, 6.45) is 0. The predicted octanol–water partition coefficient (Wildman–Crippen LogP) is 1.63. The highest BCUT2D eigenvalue weighted by Crippen LogP contribution is 2.18. The van der Waals surface area contributed by atoms with Crippen LogP contribution < -0.4 is 4.74 Å². The Kier molecular flexibility index (Phi) is 4.52. The average Bonchev–Trinajstić information content (AvgIpc) is 2.83. The molecule has 0 spiro atoms. The minimum absolute atomic E-state index is 0.139. The van der Waals surface area contributed by atoms with Gasteiger partial charge >= 0.3 is 5.97 Å². The number of nitrogens with zero attached hydrogens (tertiary/aromatic N) is 4. The van der Waals surface area contributed by atoms with Crippen molar-refractivity contribution >= 4 is 17.6 Å². The molecule has 0 aliphatic carbocycles. The second kappa shape index (κ2) is 6.33. The van der Waals surface area contributed by atoms with Gasteiger partial charge in [-0.3, -0.25) is 4.79 Å². The molecule has 8 heteroatoms. The van der Waals surface area contributed by atoms with Crippen molar-refractivity contribution in [2.45, 2.75) is 20.1 Å². The van der Waals surface area contributed by atoms with Crippen LogP contribution in [-0.4, -0.2) is 31.3 Å². The van der Waals surface area contributed by atoms with Gasteiger partial charge in [-0.15, -0.1) is 5.10 Å². The second-order valence-electron chi connectivity index (χ2n) is 4.26. The molecular weight excluding hydrogens is 284 g/mol. The maximum Gasteiger partial charge on any atom is 0.308 e. The van der Waals surface area contributed by atoms with Crippen molar-refractivity contribution in [3.05, 3.63) is 35.1 Å². The number of halogens is 1. The van der Waals surface area contributed by atoms with Crippen LogP contribution in [0.2, 0.25) is 5.02 Å². The van der Waals surface area contributed by atoms with Crippen LogP contribution in [0.15, 0.2) is 24.3 Å². The van der Waals surface area contributed by atoms with Gasteiger partial charge in [-0.25, -0.2) is 4.68 Å². The van der Waals surface area contributed by atoms with E-state index in [4.69, 9.17) is 21.4 Å². The highest BCUT2D eigenvalue weighted by Gasteiger charge is 2.15. The molecule has 7 nitrogen and oxygen atoms in total. The Bertz CT molecular complexity index is 602. The van der Waals surface area contributed by atoms with Gasteiger partial charge in [0, 0.05) is 5.02 Å². The van der Waals surface area contributed by atoms with Crippen molar-refractivity contribution in [1.82, 2.24) is 20.2 Å². The Morgan fingerprint density at radius 3 is 3.05 bits per heavy atom. The number of aromatic nitrogens is 4. The first-order valence-electron chi connectivity index (χ1n) is 5.92. The molecule has 0 bridgehead atoms. The summed E-state index contributed by atoms with van der Waals surface area (Å²) in [7, 11) is 0. The zero-order valence-corrected chi connectivity index (χ0v) is 11.5. The van der Waals surface area contributed by atoms with E-state index < -0.39 is 11.9 Å². The van der Waals surface area contributed by atoms with E-state index in [9.17, 15) is 4.79 Å². The van der Waals surface area contributed by atoms with Gasteiger partial charge in [0.15, 0.2) is 5.82 Å². The van der Waals surface area contributed by atoms with Crippen molar-refractivity contribution in [3.8, 4) is 5.75 Å². The molecule has 0 radical (unpaired) electrons. The number of carbonyl (C=O) groups is 1. The molecule has 1 unspecified atom stereocenters. The van der Waals surface area contributed by atoms with Gasteiger partial charge in [0.2, 0.25) is 0 Å². The third-order valence-corrected chi connectivity index (χ3v) is 2.87. The molecule has 0 aliphatic heterocycles. The Balaban J connectivity index is 2.00. The van der Waals surface area contributed by atoms with E-state index in [1.807, 2.05) is 0 Å². The number of rotatable bonds is 6. The summed E-state index contributed by atoms with van der Waals surface area (Å²) in [4.78, 5) is 10.8. The van der Waals surface area contributed by atoms with E-state index in [0.717, 1.165) is 0 Å². The van der Waals surface area contributed by atoms with Crippen LogP contribution in [-0.2, 0) is 17.9 Å². The van der Waals surface area contributed by atoms with Gasteiger partial charge in [0.1, 0.15) is 12.4 Å². The third kappa shape index (κ3) is 3.67. The Morgan fingerprint density at radius 2 is 2.35 bits per heavy atom. The fourth-order valence-corrected chi connectivity index (χ4v) is 1.69. The molecule has 0 aliphatic rings. The van der Waals surface area contributed by atoms with Crippen LogP contribution in [0.3, 0.4) is 0 Å². The minimum Gasteiger partial charge on any atom is -0.485 e. The number of carboxylic acids is 1. The van der Waals surface area contributed by atoms with Crippen molar-refractivity contribution in [2.24, 2.45) is 5.92 Å². The number of tetrazole rings is 1. The van der Waals surface area contributed by atoms with Crippen LogP contribution in [0, 0.1) is 5.92 Å². The lowest BCUT2D eigenvalue weighted by Gasteiger charge is -2.09. The standard InChI is InChI=1S/C12H13ClN4O3/c1-8(12(18)19)6-17-11(14-15-16-17)7-20-10-4-2-3-9(13)5-10/h2-5,8H,6-7H2,1H3,(H,18,19). The number of aliphatic carboxylic acids is 1. The largest absolute Gasteiger partial charge is 0.485 e. The van der Waals surface area contributed by atoms with Crippen molar-refractivity contribution in [3.63, 3.8) is 0 Å². The predicted molar refractivity (Wildman–Crippen MR) is 70.4 cm³/mol. The molecule has 106 valence electrons. The van der Waals surface area contributed by atoms with E-state index in [-0.39, 0.29) is 13.2 Å². The summed E-state index contributed by atoms with van der Waals surface area (Å²) in [5.41, 5.74) is 0. The quantitative estimate of drug-likeness (QED) is 0.871. The Morgan fingerprint density at radius 1 is 1.55 bits per heavy atom. The summed E-state index contributed by atoms with van der Waals surface area (Å²) < 4.78 is 6.94. The van der Waals surface area contributed by atoms with Crippen LogP contribution in [0.25, 0.3) is 0 Å². The molecule has 1 aromatic carbocycles. The molecule has 1 aromatic heterocycles. The lowest BCUT2D eigenvalue weighted by Crippen LogP contribution is -2.20. The van der Waals surface area contributed by atoms with E-state index >= 15 is 0 Å². The zero-order chi connectivity index (χ0) is 14.5. The van der Waals surface area contributed by atoms with Crippen molar-refractivity contribution < 1.29 is 14.6 Å². The van der Waals surface area contributed by atoms with Crippen LogP contribution >= 0.6 is 11.6 Å². The maximum absolute atomic E-state index is 10.8. The molecular formula is C12H13ClN4O3. The van der Waals surface area contributed by atoms with Gasteiger partial charge in [-0.2, -0.15) is 0 Å².